The van der Waals surface area contributed by atoms with Gasteiger partial charge in [-0.15, -0.1) is 10.2 Å². The predicted molar refractivity (Wildman–Crippen MR) is 102 cm³/mol. The van der Waals surface area contributed by atoms with Gasteiger partial charge in [0, 0.05) is 19.3 Å². The molecule has 0 aliphatic heterocycles. The fourth-order valence-electron chi connectivity index (χ4n) is 2.92. The van der Waals surface area contributed by atoms with Crippen LogP contribution in [0.3, 0.4) is 0 Å². The second-order valence-corrected chi connectivity index (χ2v) is 7.50. The van der Waals surface area contributed by atoms with Gasteiger partial charge in [-0.25, -0.2) is 4.39 Å². The molecule has 9 heteroatoms. The number of amides is 2. The van der Waals surface area contributed by atoms with Crippen molar-refractivity contribution in [2.24, 2.45) is 7.05 Å². The maximum absolute atomic E-state index is 14.2. The van der Waals surface area contributed by atoms with Crippen molar-refractivity contribution >= 4 is 23.6 Å². The molecule has 1 aliphatic carbocycles. The highest BCUT2D eigenvalue weighted by Crippen LogP contribution is 2.41. The highest BCUT2D eigenvalue weighted by atomic mass is 32.2. The van der Waals surface area contributed by atoms with Crippen molar-refractivity contribution in [1.29, 1.82) is 0 Å². The van der Waals surface area contributed by atoms with Gasteiger partial charge in [0.05, 0.1) is 11.3 Å². The van der Waals surface area contributed by atoms with E-state index < -0.39 is 11.8 Å². The van der Waals surface area contributed by atoms with Crippen LogP contribution in [0.4, 0.5) is 4.39 Å². The molecule has 0 saturated heterocycles. The van der Waals surface area contributed by atoms with Gasteiger partial charge in [0.2, 0.25) is 5.91 Å². The van der Waals surface area contributed by atoms with Crippen molar-refractivity contribution in [2.75, 3.05) is 5.75 Å². The summed E-state index contributed by atoms with van der Waals surface area (Å²) >= 11 is 1.18. The first kappa shape index (κ1) is 18.4. The zero-order valence-electron chi connectivity index (χ0n) is 15.1. The standard InChI is InChI=1S/C19H18FN5O2S/c1-24-10-4-7-15(24)18(27)21-16(26)11-28-19-23-22-17(25(19)12-8-9-12)13-5-2-3-6-14(13)20/h2-7,10,12H,8-9,11H2,1H3,(H,21,26,27). The SMILES string of the molecule is Cn1cccc1C(=O)NC(=O)CSc1nnc(-c2ccccc2F)n1C1CC1. The summed E-state index contributed by atoms with van der Waals surface area (Å²) in [6, 6.07) is 10.0. The minimum atomic E-state index is -0.450. The van der Waals surface area contributed by atoms with E-state index in [1.165, 1.54) is 17.8 Å². The third-order valence-corrected chi connectivity index (χ3v) is 5.40. The number of carbonyl (C=O) groups is 2. The van der Waals surface area contributed by atoms with Crippen LogP contribution in [0.1, 0.15) is 29.4 Å². The summed E-state index contributed by atoms with van der Waals surface area (Å²) in [5.41, 5.74) is 0.790. The lowest BCUT2D eigenvalue weighted by atomic mass is 10.2. The van der Waals surface area contributed by atoms with Crippen LogP contribution in [0.25, 0.3) is 11.4 Å². The molecule has 0 atom stereocenters. The Morgan fingerprint density at radius 1 is 1.21 bits per heavy atom. The summed E-state index contributed by atoms with van der Waals surface area (Å²) in [7, 11) is 1.73. The number of thioether (sulfide) groups is 1. The molecular weight excluding hydrogens is 381 g/mol. The Bertz CT molecular complexity index is 1040. The van der Waals surface area contributed by atoms with Crippen molar-refractivity contribution in [3.63, 3.8) is 0 Å². The van der Waals surface area contributed by atoms with Gasteiger partial charge in [0.1, 0.15) is 11.5 Å². The van der Waals surface area contributed by atoms with E-state index in [2.05, 4.69) is 15.5 Å². The molecule has 0 spiro atoms. The van der Waals surface area contributed by atoms with E-state index in [9.17, 15) is 14.0 Å². The number of aromatic nitrogens is 4. The zero-order chi connectivity index (χ0) is 19.7. The van der Waals surface area contributed by atoms with Gasteiger partial charge in [-0.05, 0) is 37.1 Å². The molecule has 1 saturated carbocycles. The predicted octanol–water partition coefficient (Wildman–Crippen LogP) is 2.81. The van der Waals surface area contributed by atoms with Gasteiger partial charge < -0.3 is 4.57 Å². The average Bonchev–Trinajstić information content (AvgIpc) is 3.28. The topological polar surface area (TPSA) is 81.8 Å². The Labute approximate surface area is 165 Å². The summed E-state index contributed by atoms with van der Waals surface area (Å²) in [6.45, 7) is 0. The number of hydrogen-bond acceptors (Lipinski definition) is 5. The van der Waals surface area contributed by atoms with E-state index >= 15 is 0 Å². The summed E-state index contributed by atoms with van der Waals surface area (Å²) in [4.78, 5) is 24.3. The van der Waals surface area contributed by atoms with Crippen LogP contribution in [-0.2, 0) is 11.8 Å². The van der Waals surface area contributed by atoms with Gasteiger partial charge in [-0.1, -0.05) is 23.9 Å². The molecule has 0 bridgehead atoms. The molecule has 28 heavy (non-hydrogen) atoms. The highest BCUT2D eigenvalue weighted by molar-refractivity contribution is 7.99. The maximum Gasteiger partial charge on any atom is 0.274 e. The van der Waals surface area contributed by atoms with Crippen LogP contribution in [0.5, 0.6) is 0 Å². The molecule has 144 valence electrons. The Hall–Kier alpha value is -2.94. The Morgan fingerprint density at radius 2 is 2.00 bits per heavy atom. The Balaban J connectivity index is 1.47. The number of rotatable bonds is 6. The summed E-state index contributed by atoms with van der Waals surface area (Å²) in [5, 5.41) is 11.2. The number of nitrogens with zero attached hydrogens (tertiary/aromatic N) is 4. The molecular formula is C19H18FN5O2S. The second-order valence-electron chi connectivity index (χ2n) is 6.56. The molecule has 2 amide bonds. The number of nitrogens with one attached hydrogen (secondary N) is 1. The summed E-state index contributed by atoms with van der Waals surface area (Å²) in [5.74, 6) is -0.761. The number of imide groups is 1. The molecule has 1 fully saturated rings. The minimum absolute atomic E-state index is 0.0122. The lowest BCUT2D eigenvalue weighted by Gasteiger charge is -2.09. The lowest BCUT2D eigenvalue weighted by molar-refractivity contribution is -0.117. The summed E-state index contributed by atoms with van der Waals surface area (Å²) in [6.07, 6.45) is 3.66. The van der Waals surface area contributed by atoms with Gasteiger partial charge in [-0.3, -0.25) is 19.5 Å². The summed E-state index contributed by atoms with van der Waals surface area (Å²) < 4.78 is 17.7. The first-order chi connectivity index (χ1) is 13.5. The van der Waals surface area contributed by atoms with E-state index in [4.69, 9.17) is 0 Å². The average molecular weight is 399 g/mol. The number of aryl methyl sites for hydroxylation is 1. The second kappa shape index (κ2) is 7.59. The van der Waals surface area contributed by atoms with Crippen LogP contribution in [0, 0.1) is 5.82 Å². The quantitative estimate of drug-likeness (QED) is 0.645. The molecule has 0 unspecified atom stereocenters. The van der Waals surface area contributed by atoms with Gasteiger partial charge in [-0.2, -0.15) is 0 Å². The van der Waals surface area contributed by atoms with Crippen LogP contribution in [-0.4, -0.2) is 36.9 Å². The van der Waals surface area contributed by atoms with E-state index in [-0.39, 0.29) is 17.6 Å². The monoisotopic (exact) mass is 399 g/mol. The molecule has 1 aromatic carbocycles. The largest absolute Gasteiger partial charge is 0.347 e. The molecule has 4 rings (SSSR count). The van der Waals surface area contributed by atoms with Gasteiger partial charge >= 0.3 is 0 Å². The highest BCUT2D eigenvalue weighted by Gasteiger charge is 2.31. The van der Waals surface area contributed by atoms with Crippen LogP contribution < -0.4 is 5.32 Å². The maximum atomic E-state index is 14.2. The van der Waals surface area contributed by atoms with E-state index in [1.807, 2.05) is 4.57 Å². The van der Waals surface area contributed by atoms with Crippen molar-refractivity contribution in [3.05, 3.63) is 54.1 Å². The van der Waals surface area contributed by atoms with E-state index in [1.54, 1.807) is 48.1 Å². The molecule has 3 aromatic rings. The van der Waals surface area contributed by atoms with E-state index in [0.29, 0.717) is 22.2 Å². The number of hydrogen-bond donors (Lipinski definition) is 1. The molecule has 2 aromatic heterocycles. The van der Waals surface area contributed by atoms with Crippen LogP contribution in [0.15, 0.2) is 47.8 Å². The van der Waals surface area contributed by atoms with Crippen LogP contribution in [0.2, 0.25) is 0 Å². The smallest absolute Gasteiger partial charge is 0.274 e. The molecule has 1 N–H and O–H groups in total. The normalized spacial score (nSPS) is 13.5. The van der Waals surface area contributed by atoms with Gasteiger partial charge in [0.25, 0.3) is 5.91 Å². The van der Waals surface area contributed by atoms with Crippen molar-refractivity contribution in [2.45, 2.75) is 24.0 Å². The van der Waals surface area contributed by atoms with Crippen molar-refractivity contribution < 1.29 is 14.0 Å². The first-order valence-electron chi connectivity index (χ1n) is 8.82. The Morgan fingerprint density at radius 3 is 2.68 bits per heavy atom. The van der Waals surface area contributed by atoms with Crippen molar-refractivity contribution in [3.8, 4) is 11.4 Å². The third-order valence-electron chi connectivity index (χ3n) is 4.45. The van der Waals surface area contributed by atoms with E-state index in [0.717, 1.165) is 12.8 Å². The first-order valence-corrected chi connectivity index (χ1v) is 9.81. The molecule has 1 aliphatic rings. The number of carbonyl (C=O) groups excluding carboxylic acids is 2. The molecule has 2 heterocycles. The number of benzene rings is 1. The molecule has 7 nitrogen and oxygen atoms in total. The number of halogens is 1. The van der Waals surface area contributed by atoms with Crippen LogP contribution >= 0.6 is 11.8 Å². The third kappa shape index (κ3) is 3.70. The molecule has 0 radical (unpaired) electrons. The minimum Gasteiger partial charge on any atom is -0.347 e. The fraction of sp³-hybridized carbons (Fsp3) is 0.263. The zero-order valence-corrected chi connectivity index (χ0v) is 15.9. The van der Waals surface area contributed by atoms with Crippen molar-refractivity contribution in [1.82, 2.24) is 24.6 Å². The lowest BCUT2D eigenvalue weighted by Crippen LogP contribution is -2.33. The van der Waals surface area contributed by atoms with Gasteiger partial charge in [0.15, 0.2) is 11.0 Å². The Kier molecular flexibility index (Phi) is 4.99. The fourth-order valence-corrected chi connectivity index (χ4v) is 3.72.